The van der Waals surface area contributed by atoms with E-state index in [2.05, 4.69) is 0 Å². The molecule has 0 saturated heterocycles. The lowest BCUT2D eigenvalue weighted by Gasteiger charge is -2.26. The number of fused-ring (bicyclic) bond motifs is 1. The third-order valence-corrected chi connectivity index (χ3v) is 5.20. The molecule has 2 N–H and O–H groups in total. The molecule has 9 heteroatoms. The van der Waals surface area contributed by atoms with Crippen molar-refractivity contribution in [1.29, 1.82) is 5.26 Å². The highest BCUT2D eigenvalue weighted by Gasteiger charge is 2.32. The number of ether oxygens (including phenoxy) is 3. The fraction of sp³-hybridized carbons (Fsp3) is 0.120. The van der Waals surface area contributed by atoms with Crippen molar-refractivity contribution >= 4 is 11.7 Å². The molecule has 0 amide bonds. The Labute approximate surface area is 194 Å². The Morgan fingerprint density at radius 1 is 1.15 bits per heavy atom. The molecule has 3 aromatic rings. The molecular weight excluding hydrogens is 438 g/mol. The standard InChI is InChI=1S/C25H19N3O6/c1-2-32-18-8-4-6-16(12-18)25(29)33-19-9-10-20-22(13-19)34-24(27)21(14-26)23(20)15-5-3-7-17(11-15)28(30)31/h3-13,23H,2,27H2,1H3. The monoisotopic (exact) mass is 457 g/mol. The van der Waals surface area contributed by atoms with Crippen molar-refractivity contribution in [3.63, 3.8) is 0 Å². The summed E-state index contributed by atoms with van der Waals surface area (Å²) < 4.78 is 16.5. The van der Waals surface area contributed by atoms with E-state index in [0.29, 0.717) is 29.0 Å². The van der Waals surface area contributed by atoms with Crippen LogP contribution in [0.3, 0.4) is 0 Å². The number of nitrogens with two attached hydrogens (primary N) is 1. The first-order valence-corrected chi connectivity index (χ1v) is 10.3. The first-order valence-electron chi connectivity index (χ1n) is 10.3. The highest BCUT2D eigenvalue weighted by Crippen LogP contribution is 2.44. The molecule has 0 radical (unpaired) electrons. The average molecular weight is 457 g/mol. The summed E-state index contributed by atoms with van der Waals surface area (Å²) in [5.41, 5.74) is 7.40. The Bertz CT molecular complexity index is 1360. The maximum absolute atomic E-state index is 12.6. The SMILES string of the molecule is CCOc1cccc(C(=O)Oc2ccc3c(c2)OC(N)=C(C#N)C3c2cccc([N+](=O)[O-])c2)c1. The summed E-state index contributed by atoms with van der Waals surface area (Å²) in [5.74, 6) is -0.361. The van der Waals surface area contributed by atoms with Crippen molar-refractivity contribution in [3.05, 3.63) is 105 Å². The molecular formula is C25H19N3O6. The molecule has 0 aromatic heterocycles. The maximum Gasteiger partial charge on any atom is 0.343 e. The first-order chi connectivity index (χ1) is 16.4. The van der Waals surface area contributed by atoms with Crippen molar-refractivity contribution in [1.82, 2.24) is 0 Å². The predicted octanol–water partition coefficient (Wildman–Crippen LogP) is 4.43. The number of esters is 1. The van der Waals surface area contributed by atoms with Gasteiger partial charge in [-0.1, -0.05) is 24.3 Å². The number of nitro benzene ring substituents is 1. The molecule has 9 nitrogen and oxygen atoms in total. The van der Waals surface area contributed by atoms with Crippen LogP contribution in [0, 0.1) is 21.4 Å². The van der Waals surface area contributed by atoms with Crippen LogP contribution in [-0.2, 0) is 0 Å². The van der Waals surface area contributed by atoms with Crippen molar-refractivity contribution in [2.24, 2.45) is 5.73 Å². The number of allylic oxidation sites excluding steroid dienone is 1. The van der Waals surface area contributed by atoms with Crippen LogP contribution in [0.25, 0.3) is 0 Å². The molecule has 170 valence electrons. The number of hydrogen-bond acceptors (Lipinski definition) is 8. The lowest BCUT2D eigenvalue weighted by atomic mass is 9.83. The van der Waals surface area contributed by atoms with E-state index in [-0.39, 0.29) is 28.6 Å². The van der Waals surface area contributed by atoms with Gasteiger partial charge in [0, 0.05) is 23.8 Å². The molecule has 34 heavy (non-hydrogen) atoms. The normalized spacial score (nSPS) is 14.4. The van der Waals surface area contributed by atoms with E-state index in [4.69, 9.17) is 19.9 Å². The van der Waals surface area contributed by atoms with Gasteiger partial charge in [0.15, 0.2) is 0 Å². The van der Waals surface area contributed by atoms with E-state index in [0.717, 1.165) is 0 Å². The lowest BCUT2D eigenvalue weighted by molar-refractivity contribution is -0.384. The Morgan fingerprint density at radius 3 is 2.68 bits per heavy atom. The summed E-state index contributed by atoms with van der Waals surface area (Å²) in [6.07, 6.45) is 0. The average Bonchev–Trinajstić information content (AvgIpc) is 2.83. The Kier molecular flexibility index (Phi) is 6.14. The van der Waals surface area contributed by atoms with Crippen LogP contribution in [-0.4, -0.2) is 17.5 Å². The van der Waals surface area contributed by atoms with Gasteiger partial charge in [-0.05, 0) is 36.8 Å². The summed E-state index contributed by atoms with van der Waals surface area (Å²) >= 11 is 0. The fourth-order valence-corrected chi connectivity index (χ4v) is 3.71. The minimum absolute atomic E-state index is 0.110. The number of hydrogen-bond donors (Lipinski definition) is 1. The van der Waals surface area contributed by atoms with Gasteiger partial charge in [-0.3, -0.25) is 10.1 Å². The van der Waals surface area contributed by atoms with Crippen LogP contribution in [0.4, 0.5) is 5.69 Å². The largest absolute Gasteiger partial charge is 0.494 e. The van der Waals surface area contributed by atoms with E-state index < -0.39 is 16.8 Å². The highest BCUT2D eigenvalue weighted by atomic mass is 16.6. The van der Waals surface area contributed by atoms with Crippen LogP contribution in [0.15, 0.2) is 78.2 Å². The minimum atomic E-state index is -0.679. The highest BCUT2D eigenvalue weighted by molar-refractivity contribution is 5.91. The number of non-ortho nitro benzene ring substituents is 1. The molecule has 0 aliphatic carbocycles. The third kappa shape index (κ3) is 4.38. The minimum Gasteiger partial charge on any atom is -0.494 e. The third-order valence-electron chi connectivity index (χ3n) is 5.20. The summed E-state index contributed by atoms with van der Waals surface area (Å²) in [4.78, 5) is 23.4. The number of nitriles is 1. The van der Waals surface area contributed by atoms with Crippen molar-refractivity contribution < 1.29 is 23.9 Å². The second kappa shape index (κ2) is 9.34. The number of nitrogens with zero attached hydrogens (tertiary/aromatic N) is 2. The Morgan fingerprint density at radius 2 is 1.94 bits per heavy atom. The molecule has 3 aromatic carbocycles. The summed E-state index contributed by atoms with van der Waals surface area (Å²) in [6.45, 7) is 2.31. The van der Waals surface area contributed by atoms with Gasteiger partial charge in [0.1, 0.15) is 28.9 Å². The van der Waals surface area contributed by atoms with E-state index in [9.17, 15) is 20.2 Å². The molecule has 0 fully saturated rings. The van der Waals surface area contributed by atoms with E-state index in [1.165, 1.54) is 18.2 Å². The van der Waals surface area contributed by atoms with Gasteiger partial charge in [0.05, 0.1) is 23.0 Å². The number of nitro groups is 1. The van der Waals surface area contributed by atoms with Crippen LogP contribution in [0.2, 0.25) is 0 Å². The number of benzene rings is 3. The van der Waals surface area contributed by atoms with Crippen LogP contribution in [0.1, 0.15) is 34.3 Å². The van der Waals surface area contributed by atoms with E-state index in [1.807, 2.05) is 13.0 Å². The van der Waals surface area contributed by atoms with Crippen LogP contribution in [0.5, 0.6) is 17.2 Å². The molecule has 4 rings (SSSR count). The summed E-state index contributed by atoms with van der Waals surface area (Å²) in [5, 5.41) is 20.9. The van der Waals surface area contributed by atoms with E-state index in [1.54, 1.807) is 48.5 Å². The lowest BCUT2D eigenvalue weighted by Crippen LogP contribution is -2.21. The Hall–Kier alpha value is -4.84. The van der Waals surface area contributed by atoms with Gasteiger partial charge >= 0.3 is 5.97 Å². The van der Waals surface area contributed by atoms with Crippen LogP contribution >= 0.6 is 0 Å². The van der Waals surface area contributed by atoms with Crippen LogP contribution < -0.4 is 19.9 Å². The van der Waals surface area contributed by atoms with Gasteiger partial charge < -0.3 is 19.9 Å². The fourth-order valence-electron chi connectivity index (χ4n) is 3.71. The number of carbonyl (C=O) groups excluding carboxylic acids is 1. The van der Waals surface area contributed by atoms with Crippen molar-refractivity contribution in [3.8, 4) is 23.3 Å². The van der Waals surface area contributed by atoms with Crippen molar-refractivity contribution in [2.45, 2.75) is 12.8 Å². The van der Waals surface area contributed by atoms with Gasteiger partial charge in [-0.25, -0.2) is 4.79 Å². The molecule has 1 unspecified atom stereocenters. The maximum atomic E-state index is 12.6. The molecule has 0 spiro atoms. The molecule has 0 bridgehead atoms. The van der Waals surface area contributed by atoms with Crippen molar-refractivity contribution in [2.75, 3.05) is 6.61 Å². The van der Waals surface area contributed by atoms with E-state index >= 15 is 0 Å². The zero-order valence-corrected chi connectivity index (χ0v) is 18.1. The second-order valence-electron chi connectivity index (χ2n) is 7.33. The quantitative estimate of drug-likeness (QED) is 0.248. The summed E-state index contributed by atoms with van der Waals surface area (Å²) in [6, 6.07) is 19.3. The first kappa shape index (κ1) is 22.4. The summed E-state index contributed by atoms with van der Waals surface area (Å²) in [7, 11) is 0. The molecule has 0 saturated carbocycles. The zero-order valence-electron chi connectivity index (χ0n) is 18.1. The molecule has 1 aliphatic rings. The molecule has 1 atom stereocenters. The molecule has 1 aliphatic heterocycles. The van der Waals surface area contributed by atoms with Gasteiger partial charge in [-0.15, -0.1) is 0 Å². The Balaban J connectivity index is 1.67. The number of rotatable bonds is 6. The van der Waals surface area contributed by atoms with Gasteiger partial charge in [0.25, 0.3) is 5.69 Å². The van der Waals surface area contributed by atoms with Gasteiger partial charge in [0.2, 0.25) is 5.88 Å². The smallest absolute Gasteiger partial charge is 0.343 e. The predicted molar refractivity (Wildman–Crippen MR) is 121 cm³/mol. The van der Waals surface area contributed by atoms with Gasteiger partial charge in [-0.2, -0.15) is 5.26 Å². The second-order valence-corrected chi connectivity index (χ2v) is 7.33. The molecule has 1 heterocycles. The zero-order chi connectivity index (χ0) is 24.2. The number of carbonyl (C=O) groups is 1. The topological polar surface area (TPSA) is 138 Å².